The van der Waals surface area contributed by atoms with E-state index in [-0.39, 0.29) is 18.3 Å². The number of hydrogen-bond donors (Lipinski definition) is 1. The maximum absolute atomic E-state index is 13.2. The van der Waals surface area contributed by atoms with E-state index in [1.807, 2.05) is 6.92 Å². The molecule has 1 aliphatic heterocycles. The number of benzene rings is 1. The van der Waals surface area contributed by atoms with E-state index in [1.165, 1.54) is 17.0 Å². The third-order valence-corrected chi connectivity index (χ3v) is 4.21. The van der Waals surface area contributed by atoms with Gasteiger partial charge in [0.05, 0.1) is 11.7 Å². The Morgan fingerprint density at radius 1 is 1.32 bits per heavy atom. The van der Waals surface area contributed by atoms with Gasteiger partial charge in [-0.3, -0.25) is 14.3 Å². The summed E-state index contributed by atoms with van der Waals surface area (Å²) >= 11 is 0. The number of nitrogens with one attached hydrogen (secondary N) is 1. The first-order chi connectivity index (χ1) is 11.9. The van der Waals surface area contributed by atoms with Gasteiger partial charge in [-0.1, -0.05) is 12.1 Å². The summed E-state index contributed by atoms with van der Waals surface area (Å²) in [4.78, 5) is 26.2. The third kappa shape index (κ3) is 3.39. The van der Waals surface area contributed by atoms with Crippen LogP contribution < -0.4 is 5.32 Å². The molecule has 1 aromatic heterocycles. The van der Waals surface area contributed by atoms with Crippen molar-refractivity contribution >= 4 is 17.6 Å². The van der Waals surface area contributed by atoms with E-state index in [4.69, 9.17) is 4.74 Å². The molecule has 0 bridgehead atoms. The minimum absolute atomic E-state index is 0.184. The lowest BCUT2D eigenvalue weighted by Crippen LogP contribution is -2.51. The van der Waals surface area contributed by atoms with Crippen molar-refractivity contribution in [2.75, 3.05) is 19.0 Å². The van der Waals surface area contributed by atoms with Crippen molar-refractivity contribution in [3.8, 4) is 0 Å². The van der Waals surface area contributed by atoms with Crippen molar-refractivity contribution < 1.29 is 18.7 Å². The summed E-state index contributed by atoms with van der Waals surface area (Å²) < 4.78 is 20.3. The summed E-state index contributed by atoms with van der Waals surface area (Å²) in [5.41, 5.74) is 1.39. The van der Waals surface area contributed by atoms with Crippen LogP contribution in [0.25, 0.3) is 0 Å². The Labute approximate surface area is 144 Å². The lowest BCUT2D eigenvalue weighted by molar-refractivity contribution is -0.160. The van der Waals surface area contributed by atoms with E-state index in [9.17, 15) is 14.0 Å². The fourth-order valence-corrected chi connectivity index (χ4v) is 2.91. The van der Waals surface area contributed by atoms with Gasteiger partial charge in [0.15, 0.2) is 6.10 Å². The molecule has 1 fully saturated rings. The molecular formula is C17H19FN4O3. The number of aryl methyl sites for hydroxylation is 2. The number of amides is 2. The molecule has 0 saturated carbocycles. The minimum Gasteiger partial charge on any atom is -0.356 e. The summed E-state index contributed by atoms with van der Waals surface area (Å²) in [5.74, 6) is -0.490. The van der Waals surface area contributed by atoms with Gasteiger partial charge in [0.25, 0.3) is 5.91 Å². The normalized spacial score (nSPS) is 20.6. The zero-order chi connectivity index (χ0) is 18.1. The number of rotatable bonds is 3. The number of halogens is 1. The van der Waals surface area contributed by atoms with Crippen LogP contribution in [0.4, 0.5) is 10.2 Å². The highest BCUT2D eigenvalue weighted by molar-refractivity contribution is 5.95. The molecule has 2 atom stereocenters. The second-order valence-corrected chi connectivity index (χ2v) is 6.02. The Morgan fingerprint density at radius 2 is 2.00 bits per heavy atom. The molecule has 0 aliphatic carbocycles. The van der Waals surface area contributed by atoms with E-state index in [1.54, 1.807) is 37.0 Å². The van der Waals surface area contributed by atoms with Gasteiger partial charge in [-0.2, -0.15) is 5.10 Å². The summed E-state index contributed by atoms with van der Waals surface area (Å²) in [6.07, 6.45) is -0.914. The predicted octanol–water partition coefficient (Wildman–Crippen LogP) is 1.40. The fourth-order valence-electron chi connectivity index (χ4n) is 2.91. The van der Waals surface area contributed by atoms with Crippen molar-refractivity contribution in [3.63, 3.8) is 0 Å². The van der Waals surface area contributed by atoms with E-state index in [0.717, 1.165) is 5.69 Å². The van der Waals surface area contributed by atoms with Crippen LogP contribution in [-0.4, -0.2) is 46.3 Å². The summed E-state index contributed by atoms with van der Waals surface area (Å²) in [6.45, 7) is 1.64. The van der Waals surface area contributed by atoms with Gasteiger partial charge in [0.2, 0.25) is 5.91 Å². The van der Waals surface area contributed by atoms with Crippen LogP contribution in [0.2, 0.25) is 0 Å². The Kier molecular flexibility index (Phi) is 4.54. The monoisotopic (exact) mass is 346 g/mol. The average Bonchev–Trinajstić information content (AvgIpc) is 2.88. The number of morpholine rings is 1. The lowest BCUT2D eigenvalue weighted by atomic mass is 9.97. The van der Waals surface area contributed by atoms with E-state index in [0.29, 0.717) is 11.4 Å². The highest BCUT2D eigenvalue weighted by atomic mass is 19.1. The van der Waals surface area contributed by atoms with Gasteiger partial charge in [-0.15, -0.1) is 0 Å². The maximum Gasteiger partial charge on any atom is 0.257 e. The molecule has 1 saturated heterocycles. The Bertz CT molecular complexity index is 803. The molecule has 0 unspecified atom stereocenters. The summed E-state index contributed by atoms with van der Waals surface area (Å²) in [6, 6.07) is 6.78. The molecular weight excluding hydrogens is 327 g/mol. The van der Waals surface area contributed by atoms with Crippen molar-refractivity contribution in [3.05, 3.63) is 47.4 Å². The second-order valence-electron chi connectivity index (χ2n) is 6.02. The highest BCUT2D eigenvalue weighted by Gasteiger charge is 2.40. The number of carbonyl (C=O) groups is 2. The molecule has 1 aliphatic rings. The first-order valence-corrected chi connectivity index (χ1v) is 7.81. The smallest absolute Gasteiger partial charge is 0.257 e. The molecule has 132 valence electrons. The molecule has 0 spiro atoms. The van der Waals surface area contributed by atoms with Gasteiger partial charge in [0, 0.05) is 20.2 Å². The molecule has 1 aromatic carbocycles. The van der Waals surface area contributed by atoms with E-state index in [2.05, 4.69) is 10.4 Å². The molecule has 2 heterocycles. The van der Waals surface area contributed by atoms with Gasteiger partial charge in [-0.05, 0) is 24.6 Å². The van der Waals surface area contributed by atoms with Crippen molar-refractivity contribution in [1.29, 1.82) is 0 Å². The third-order valence-electron chi connectivity index (χ3n) is 4.21. The van der Waals surface area contributed by atoms with Crippen molar-refractivity contribution in [1.82, 2.24) is 14.7 Å². The fraction of sp³-hybridized carbons (Fsp3) is 0.353. The quantitative estimate of drug-likeness (QED) is 0.912. The minimum atomic E-state index is -0.914. The number of anilines is 1. The van der Waals surface area contributed by atoms with E-state index < -0.39 is 18.1 Å². The zero-order valence-electron chi connectivity index (χ0n) is 14.2. The molecule has 1 N–H and O–H groups in total. The largest absolute Gasteiger partial charge is 0.356 e. The zero-order valence-corrected chi connectivity index (χ0v) is 14.2. The number of nitrogens with zero attached hydrogens (tertiary/aromatic N) is 3. The van der Waals surface area contributed by atoms with Gasteiger partial charge in [-0.25, -0.2) is 4.39 Å². The summed E-state index contributed by atoms with van der Waals surface area (Å²) in [7, 11) is 3.32. The molecule has 25 heavy (non-hydrogen) atoms. The van der Waals surface area contributed by atoms with Crippen LogP contribution in [0, 0.1) is 12.7 Å². The molecule has 2 aromatic rings. The molecule has 3 rings (SSSR count). The Hall–Kier alpha value is -2.74. The average molecular weight is 346 g/mol. The lowest BCUT2D eigenvalue weighted by Gasteiger charge is -2.38. The highest BCUT2D eigenvalue weighted by Crippen LogP contribution is 2.30. The van der Waals surface area contributed by atoms with Crippen LogP contribution in [0.1, 0.15) is 17.3 Å². The number of likely N-dealkylation sites (N-methyl/N-ethyl adjacent to an activating group) is 1. The van der Waals surface area contributed by atoms with Crippen LogP contribution in [-0.2, 0) is 21.4 Å². The molecule has 8 heteroatoms. The number of ether oxygens (including phenoxy) is 1. The van der Waals surface area contributed by atoms with Crippen LogP contribution in [0.5, 0.6) is 0 Å². The van der Waals surface area contributed by atoms with Crippen molar-refractivity contribution in [2.24, 2.45) is 7.05 Å². The first-order valence-electron chi connectivity index (χ1n) is 7.81. The van der Waals surface area contributed by atoms with Crippen LogP contribution >= 0.6 is 0 Å². The Balaban J connectivity index is 1.88. The Morgan fingerprint density at radius 3 is 2.60 bits per heavy atom. The van der Waals surface area contributed by atoms with Crippen LogP contribution in [0.3, 0.4) is 0 Å². The predicted molar refractivity (Wildman–Crippen MR) is 88.2 cm³/mol. The second kappa shape index (κ2) is 6.64. The number of carbonyl (C=O) groups excluding carboxylic acids is 2. The SMILES string of the molecule is Cc1cc(NC(=O)[C@H]2OCC(=O)N(C)[C@H]2c2ccc(F)cc2)n(C)n1. The molecule has 2 amide bonds. The van der Waals surface area contributed by atoms with Gasteiger partial charge >= 0.3 is 0 Å². The van der Waals surface area contributed by atoms with Crippen molar-refractivity contribution in [2.45, 2.75) is 19.1 Å². The molecule has 7 nitrogen and oxygen atoms in total. The number of hydrogen-bond acceptors (Lipinski definition) is 4. The van der Waals surface area contributed by atoms with E-state index >= 15 is 0 Å². The first kappa shape index (κ1) is 17.1. The van der Waals surface area contributed by atoms with Crippen LogP contribution in [0.15, 0.2) is 30.3 Å². The standard InChI is InChI=1S/C17H19FN4O3/c1-10-8-13(22(3)20-10)19-17(24)16-15(21(2)14(23)9-25-16)11-4-6-12(18)7-5-11/h4-8,15-16H,9H2,1-3H3,(H,19,24)/t15-,16-/m0/s1. The maximum atomic E-state index is 13.2. The van der Waals surface area contributed by atoms with Gasteiger partial charge < -0.3 is 15.0 Å². The van der Waals surface area contributed by atoms with Gasteiger partial charge in [0.1, 0.15) is 18.2 Å². The molecule has 0 radical (unpaired) electrons. The topological polar surface area (TPSA) is 76.5 Å². The number of aromatic nitrogens is 2. The summed E-state index contributed by atoms with van der Waals surface area (Å²) in [5, 5.41) is 6.95.